The minimum atomic E-state index is -0.276. The summed E-state index contributed by atoms with van der Waals surface area (Å²) in [6.07, 6.45) is 2.66. The van der Waals surface area contributed by atoms with E-state index in [-0.39, 0.29) is 6.04 Å². The summed E-state index contributed by atoms with van der Waals surface area (Å²) in [6, 6.07) is 1.77. The minimum Gasteiger partial charge on any atom is -0.383 e. The lowest BCUT2D eigenvalue weighted by molar-refractivity contribution is 0.182. The zero-order valence-electron chi connectivity index (χ0n) is 12.0. The average Bonchev–Trinajstić information content (AvgIpc) is 2.99. The molecule has 0 radical (unpaired) electrons. The summed E-state index contributed by atoms with van der Waals surface area (Å²) in [7, 11) is 3.59. The van der Waals surface area contributed by atoms with Crippen molar-refractivity contribution in [1.29, 1.82) is 0 Å². The average molecular weight is 342 g/mol. The molecule has 0 aliphatic carbocycles. The van der Waals surface area contributed by atoms with Crippen molar-refractivity contribution < 1.29 is 4.74 Å². The van der Waals surface area contributed by atoms with Gasteiger partial charge in [-0.25, -0.2) is 0 Å². The molecule has 0 aliphatic rings. The van der Waals surface area contributed by atoms with E-state index in [0.29, 0.717) is 13.2 Å². The second kappa shape index (κ2) is 6.51. The summed E-state index contributed by atoms with van der Waals surface area (Å²) in [4.78, 5) is 0. The van der Waals surface area contributed by atoms with Crippen LogP contribution < -0.4 is 5.73 Å². The first-order valence-electron chi connectivity index (χ1n) is 6.57. The maximum absolute atomic E-state index is 6.41. The van der Waals surface area contributed by atoms with Gasteiger partial charge in [0.15, 0.2) is 0 Å². The molecule has 2 aromatic heterocycles. The van der Waals surface area contributed by atoms with Crippen LogP contribution in [0.3, 0.4) is 0 Å². The molecular weight excluding hydrogens is 322 g/mol. The summed E-state index contributed by atoms with van der Waals surface area (Å²) in [5.41, 5.74) is 9.36. The monoisotopic (exact) mass is 341 g/mol. The third-order valence-corrected chi connectivity index (χ3v) is 3.89. The Morgan fingerprint density at radius 2 is 2.25 bits per heavy atom. The molecule has 2 heterocycles. The van der Waals surface area contributed by atoms with Crippen LogP contribution in [0.5, 0.6) is 0 Å². The molecule has 0 saturated heterocycles. The van der Waals surface area contributed by atoms with E-state index >= 15 is 0 Å². The number of aromatic nitrogens is 4. The maximum atomic E-state index is 6.41. The van der Waals surface area contributed by atoms with Crippen LogP contribution in [0.4, 0.5) is 0 Å². The second-order valence-electron chi connectivity index (χ2n) is 4.61. The van der Waals surface area contributed by atoms with E-state index in [9.17, 15) is 0 Å². The SMILES string of the molecule is CCc1cc(C(N)c2c(Br)cnn2CCOC)n(C)n1. The smallest absolute Gasteiger partial charge is 0.0905 e. The van der Waals surface area contributed by atoms with Crippen LogP contribution >= 0.6 is 15.9 Å². The fraction of sp³-hybridized carbons (Fsp3) is 0.538. The fourth-order valence-electron chi connectivity index (χ4n) is 2.18. The van der Waals surface area contributed by atoms with Gasteiger partial charge in [-0.2, -0.15) is 10.2 Å². The zero-order chi connectivity index (χ0) is 14.7. The van der Waals surface area contributed by atoms with Gasteiger partial charge in [-0.05, 0) is 28.4 Å². The molecule has 0 aromatic carbocycles. The van der Waals surface area contributed by atoms with E-state index in [4.69, 9.17) is 10.5 Å². The Labute approximate surface area is 127 Å². The predicted octanol–water partition coefficient (Wildman–Crippen LogP) is 1.64. The van der Waals surface area contributed by atoms with Crippen molar-refractivity contribution in [3.63, 3.8) is 0 Å². The minimum absolute atomic E-state index is 0.276. The lowest BCUT2D eigenvalue weighted by Crippen LogP contribution is -2.21. The van der Waals surface area contributed by atoms with E-state index in [1.807, 2.05) is 22.5 Å². The summed E-state index contributed by atoms with van der Waals surface area (Å²) in [6.45, 7) is 3.35. The molecule has 2 rings (SSSR count). The third kappa shape index (κ3) is 2.94. The topological polar surface area (TPSA) is 70.9 Å². The Morgan fingerprint density at radius 3 is 2.85 bits per heavy atom. The Balaban J connectivity index is 2.34. The number of aryl methyl sites for hydroxylation is 2. The number of hydrogen-bond acceptors (Lipinski definition) is 4. The normalized spacial score (nSPS) is 12.8. The van der Waals surface area contributed by atoms with Crippen LogP contribution in [0.2, 0.25) is 0 Å². The van der Waals surface area contributed by atoms with Crippen LogP contribution in [0.1, 0.15) is 30.0 Å². The number of halogens is 1. The van der Waals surface area contributed by atoms with Gasteiger partial charge in [0.1, 0.15) is 0 Å². The molecule has 110 valence electrons. The first kappa shape index (κ1) is 15.2. The van der Waals surface area contributed by atoms with E-state index in [1.165, 1.54) is 0 Å². The molecule has 0 spiro atoms. The molecule has 6 nitrogen and oxygen atoms in total. The van der Waals surface area contributed by atoms with Crippen molar-refractivity contribution in [2.24, 2.45) is 12.8 Å². The van der Waals surface area contributed by atoms with Crippen molar-refractivity contribution in [1.82, 2.24) is 19.6 Å². The standard InChI is InChI=1S/C13H20BrN5O/c1-4-9-7-11(18(2)17-9)12(15)13-10(14)8-16-19(13)5-6-20-3/h7-8,12H,4-6,15H2,1-3H3. The Bertz CT molecular complexity index is 577. The van der Waals surface area contributed by atoms with Gasteiger partial charge in [0.05, 0.1) is 46.9 Å². The molecule has 1 unspecified atom stereocenters. The first-order chi connectivity index (χ1) is 9.58. The van der Waals surface area contributed by atoms with Crippen molar-refractivity contribution in [3.05, 3.63) is 33.8 Å². The molecule has 0 aliphatic heterocycles. The number of nitrogens with two attached hydrogens (primary N) is 1. The molecule has 0 saturated carbocycles. The molecule has 2 aromatic rings. The predicted molar refractivity (Wildman–Crippen MR) is 80.4 cm³/mol. The number of nitrogens with zero attached hydrogens (tertiary/aromatic N) is 4. The molecule has 0 fully saturated rings. The van der Waals surface area contributed by atoms with Crippen molar-refractivity contribution >= 4 is 15.9 Å². The van der Waals surface area contributed by atoms with Crippen LogP contribution in [0.15, 0.2) is 16.7 Å². The van der Waals surface area contributed by atoms with Crippen LogP contribution in [-0.2, 0) is 24.8 Å². The quantitative estimate of drug-likeness (QED) is 0.866. The Hall–Kier alpha value is -1.18. The van der Waals surface area contributed by atoms with E-state index < -0.39 is 0 Å². The van der Waals surface area contributed by atoms with Gasteiger partial charge in [-0.3, -0.25) is 9.36 Å². The molecule has 20 heavy (non-hydrogen) atoms. The van der Waals surface area contributed by atoms with Crippen molar-refractivity contribution in [3.8, 4) is 0 Å². The molecule has 0 amide bonds. The number of rotatable bonds is 6. The van der Waals surface area contributed by atoms with Gasteiger partial charge < -0.3 is 10.5 Å². The van der Waals surface area contributed by atoms with Gasteiger partial charge >= 0.3 is 0 Å². The van der Waals surface area contributed by atoms with Gasteiger partial charge in [0.2, 0.25) is 0 Å². The molecule has 2 N–H and O–H groups in total. The van der Waals surface area contributed by atoms with Gasteiger partial charge in [0, 0.05) is 14.2 Å². The summed E-state index contributed by atoms with van der Waals surface area (Å²) >= 11 is 3.52. The van der Waals surface area contributed by atoms with E-state index in [2.05, 4.69) is 33.1 Å². The number of ether oxygens (including phenoxy) is 1. The highest BCUT2D eigenvalue weighted by molar-refractivity contribution is 9.10. The van der Waals surface area contributed by atoms with Crippen molar-refractivity contribution in [2.75, 3.05) is 13.7 Å². The van der Waals surface area contributed by atoms with E-state index in [0.717, 1.165) is 28.0 Å². The van der Waals surface area contributed by atoms with Gasteiger partial charge in [-0.1, -0.05) is 6.92 Å². The first-order valence-corrected chi connectivity index (χ1v) is 7.36. The fourth-order valence-corrected chi connectivity index (χ4v) is 2.73. The lowest BCUT2D eigenvalue weighted by atomic mass is 10.1. The second-order valence-corrected chi connectivity index (χ2v) is 5.46. The van der Waals surface area contributed by atoms with Gasteiger partial charge in [0.25, 0.3) is 0 Å². The summed E-state index contributed by atoms with van der Waals surface area (Å²) in [5.74, 6) is 0. The van der Waals surface area contributed by atoms with Crippen LogP contribution in [0.25, 0.3) is 0 Å². The number of hydrogen-bond donors (Lipinski definition) is 1. The van der Waals surface area contributed by atoms with Gasteiger partial charge in [-0.15, -0.1) is 0 Å². The highest BCUT2D eigenvalue weighted by atomic mass is 79.9. The van der Waals surface area contributed by atoms with Crippen LogP contribution in [-0.4, -0.2) is 33.3 Å². The van der Waals surface area contributed by atoms with Crippen molar-refractivity contribution in [2.45, 2.75) is 25.9 Å². The van der Waals surface area contributed by atoms with E-state index in [1.54, 1.807) is 13.3 Å². The maximum Gasteiger partial charge on any atom is 0.0905 e. The molecule has 7 heteroatoms. The number of methoxy groups -OCH3 is 1. The highest BCUT2D eigenvalue weighted by Crippen LogP contribution is 2.27. The largest absolute Gasteiger partial charge is 0.383 e. The van der Waals surface area contributed by atoms with Crippen LogP contribution in [0, 0.1) is 0 Å². The zero-order valence-corrected chi connectivity index (χ0v) is 13.6. The third-order valence-electron chi connectivity index (χ3n) is 3.28. The molecule has 1 atom stereocenters. The summed E-state index contributed by atoms with van der Waals surface area (Å²) < 4.78 is 9.72. The Kier molecular flexibility index (Phi) is 4.95. The summed E-state index contributed by atoms with van der Waals surface area (Å²) in [5, 5.41) is 8.79. The molecular formula is C13H20BrN5O. The molecule has 0 bridgehead atoms. The highest BCUT2D eigenvalue weighted by Gasteiger charge is 2.21. The lowest BCUT2D eigenvalue weighted by Gasteiger charge is -2.15. The Morgan fingerprint density at radius 1 is 1.50 bits per heavy atom.